The molecule has 0 amide bonds. The van der Waals surface area contributed by atoms with Crippen LogP contribution in [0, 0.1) is 0 Å². The second-order valence-corrected chi connectivity index (χ2v) is 3.20. The zero-order valence-corrected chi connectivity index (χ0v) is 7.52. The van der Waals surface area contributed by atoms with Crippen LogP contribution in [0.5, 0.6) is 5.75 Å². The van der Waals surface area contributed by atoms with Crippen molar-refractivity contribution in [1.82, 2.24) is 0 Å². The molecule has 0 saturated carbocycles. The van der Waals surface area contributed by atoms with E-state index in [0.717, 1.165) is 0 Å². The lowest BCUT2D eigenvalue weighted by Crippen LogP contribution is -1.97. The molecular weight excluding hydrogens is 196 g/mol. The molecule has 0 bridgehead atoms. The van der Waals surface area contributed by atoms with Crippen LogP contribution < -0.4 is 10.7 Å². The van der Waals surface area contributed by atoms with Crippen LogP contribution in [0.3, 0.4) is 0 Å². The van der Waals surface area contributed by atoms with Gasteiger partial charge in [0.25, 0.3) is 0 Å². The molecule has 4 heteroatoms. The third kappa shape index (κ3) is 1.05. The highest BCUT2D eigenvalue weighted by Crippen LogP contribution is 2.31. The smallest absolute Gasteiger partial charge is 0.336 e. The highest BCUT2D eigenvalue weighted by molar-refractivity contribution is 6.00. The van der Waals surface area contributed by atoms with Crippen molar-refractivity contribution in [2.45, 2.75) is 0 Å². The first-order chi connectivity index (χ1) is 7.25. The molecule has 0 aliphatic rings. The average molecular weight is 201 g/mol. The Labute approximate surface area is 83.3 Å². The van der Waals surface area contributed by atoms with E-state index in [-0.39, 0.29) is 11.3 Å². The topological polar surface area (TPSA) is 66.4 Å². The minimum atomic E-state index is -0.479. The normalized spacial score (nSPS) is 11.2. The van der Waals surface area contributed by atoms with Crippen molar-refractivity contribution in [3.8, 4) is 5.75 Å². The highest BCUT2D eigenvalue weighted by atomic mass is 16.4. The molecule has 1 aromatic carbocycles. The van der Waals surface area contributed by atoms with Crippen molar-refractivity contribution < 1.29 is 13.9 Å². The Morgan fingerprint density at radius 1 is 1.07 bits per heavy atom. The van der Waals surface area contributed by atoms with Crippen LogP contribution in [0.2, 0.25) is 0 Å². The Morgan fingerprint density at radius 2 is 1.87 bits per heavy atom. The van der Waals surface area contributed by atoms with Gasteiger partial charge in [0, 0.05) is 22.9 Å². The van der Waals surface area contributed by atoms with Crippen LogP contribution in [0.1, 0.15) is 0 Å². The van der Waals surface area contributed by atoms with E-state index in [2.05, 4.69) is 0 Å². The summed E-state index contributed by atoms with van der Waals surface area (Å²) < 4.78 is 9.99. The molecule has 2 aromatic heterocycles. The Bertz CT molecular complexity index is 705. The van der Waals surface area contributed by atoms with Crippen LogP contribution in [0.25, 0.3) is 21.9 Å². The van der Waals surface area contributed by atoms with Crippen molar-refractivity contribution >= 4 is 21.9 Å². The molecule has 0 spiro atoms. The lowest BCUT2D eigenvalue weighted by atomic mass is 10.1. The summed E-state index contributed by atoms with van der Waals surface area (Å²) in [5, 5.41) is 12.7. The van der Waals surface area contributed by atoms with Crippen molar-refractivity contribution in [3.05, 3.63) is 40.9 Å². The van der Waals surface area contributed by atoms with Gasteiger partial charge in [-0.05, 0) is 12.1 Å². The summed E-state index contributed by atoms with van der Waals surface area (Å²) in [6.45, 7) is 0. The standard InChI is InChI=1S/C11H6O4/c12-10-2-1-6-9(15-10)5-8-7(11(6)13)3-4-14-8/h1-5,13H/p-1. The van der Waals surface area contributed by atoms with Crippen LogP contribution in [-0.4, -0.2) is 0 Å². The van der Waals surface area contributed by atoms with E-state index in [9.17, 15) is 9.90 Å². The monoisotopic (exact) mass is 201 g/mol. The predicted molar refractivity (Wildman–Crippen MR) is 51.7 cm³/mol. The molecule has 0 radical (unpaired) electrons. The first-order valence-corrected chi connectivity index (χ1v) is 4.37. The first kappa shape index (κ1) is 8.11. The van der Waals surface area contributed by atoms with Crippen LogP contribution in [-0.2, 0) is 0 Å². The van der Waals surface area contributed by atoms with Crippen LogP contribution >= 0.6 is 0 Å². The summed E-state index contributed by atoms with van der Waals surface area (Å²) in [6.07, 6.45) is 1.43. The maximum Gasteiger partial charge on any atom is 0.336 e. The summed E-state index contributed by atoms with van der Waals surface area (Å²) >= 11 is 0. The lowest BCUT2D eigenvalue weighted by molar-refractivity contribution is -0.263. The SMILES string of the molecule is O=c1ccc2c([O-])c3ccoc3cc2o1. The van der Waals surface area contributed by atoms with E-state index in [4.69, 9.17) is 8.83 Å². The Morgan fingerprint density at radius 3 is 2.73 bits per heavy atom. The zero-order chi connectivity index (χ0) is 10.4. The van der Waals surface area contributed by atoms with Gasteiger partial charge < -0.3 is 13.9 Å². The molecule has 0 fully saturated rings. The van der Waals surface area contributed by atoms with Crippen molar-refractivity contribution in [1.29, 1.82) is 0 Å². The van der Waals surface area contributed by atoms with Gasteiger partial charge in [0.2, 0.25) is 0 Å². The molecule has 3 rings (SSSR count). The maximum atomic E-state index is 11.8. The first-order valence-electron chi connectivity index (χ1n) is 4.37. The minimum Gasteiger partial charge on any atom is -0.871 e. The molecule has 4 nitrogen and oxygen atoms in total. The fourth-order valence-corrected chi connectivity index (χ4v) is 1.61. The third-order valence-electron chi connectivity index (χ3n) is 2.31. The van der Waals surface area contributed by atoms with Gasteiger partial charge in [0.1, 0.15) is 11.2 Å². The van der Waals surface area contributed by atoms with Crippen LogP contribution in [0.15, 0.2) is 44.2 Å². The quantitative estimate of drug-likeness (QED) is 0.518. The molecular formula is C11H5O4-. The molecule has 15 heavy (non-hydrogen) atoms. The van der Waals surface area contributed by atoms with E-state index < -0.39 is 5.63 Å². The Balaban J connectivity index is 2.63. The average Bonchev–Trinajstić information content (AvgIpc) is 2.65. The van der Waals surface area contributed by atoms with E-state index >= 15 is 0 Å². The van der Waals surface area contributed by atoms with Gasteiger partial charge in [0.15, 0.2) is 0 Å². The molecule has 74 valence electrons. The molecule has 3 aromatic rings. The van der Waals surface area contributed by atoms with Gasteiger partial charge in [-0.25, -0.2) is 4.79 Å². The summed E-state index contributed by atoms with van der Waals surface area (Å²) in [5.74, 6) is -0.181. The predicted octanol–water partition coefficient (Wildman–Crippen LogP) is 1.61. The van der Waals surface area contributed by atoms with E-state index in [1.807, 2.05) is 0 Å². The highest BCUT2D eigenvalue weighted by Gasteiger charge is 2.04. The number of furan rings is 1. The van der Waals surface area contributed by atoms with Gasteiger partial charge in [-0.15, -0.1) is 0 Å². The largest absolute Gasteiger partial charge is 0.871 e. The van der Waals surface area contributed by atoms with Gasteiger partial charge in [-0.2, -0.15) is 0 Å². The second kappa shape index (κ2) is 2.63. The van der Waals surface area contributed by atoms with Crippen molar-refractivity contribution in [2.75, 3.05) is 0 Å². The number of hydrogen-bond donors (Lipinski definition) is 0. The van der Waals surface area contributed by atoms with E-state index in [1.165, 1.54) is 18.4 Å². The fraction of sp³-hybridized carbons (Fsp3) is 0. The summed E-state index contributed by atoms with van der Waals surface area (Å²) in [4.78, 5) is 11.0. The van der Waals surface area contributed by atoms with Gasteiger partial charge in [0.05, 0.1) is 6.26 Å². The molecule has 0 aliphatic heterocycles. The van der Waals surface area contributed by atoms with E-state index in [0.29, 0.717) is 16.4 Å². The number of hydrogen-bond acceptors (Lipinski definition) is 4. The van der Waals surface area contributed by atoms with Gasteiger partial charge in [-0.3, -0.25) is 0 Å². The van der Waals surface area contributed by atoms with Gasteiger partial charge in [-0.1, -0.05) is 5.75 Å². The van der Waals surface area contributed by atoms with Crippen molar-refractivity contribution in [2.24, 2.45) is 0 Å². The van der Waals surface area contributed by atoms with E-state index in [1.54, 1.807) is 12.1 Å². The summed E-state index contributed by atoms with van der Waals surface area (Å²) in [5.41, 5.74) is 0.213. The lowest BCUT2D eigenvalue weighted by Gasteiger charge is -2.09. The minimum absolute atomic E-state index is 0.181. The number of rotatable bonds is 0. The molecule has 0 saturated heterocycles. The number of benzene rings is 1. The maximum absolute atomic E-state index is 11.8. The summed E-state index contributed by atoms with van der Waals surface area (Å²) in [7, 11) is 0. The Kier molecular flexibility index (Phi) is 1.42. The number of fused-ring (bicyclic) bond motifs is 2. The third-order valence-corrected chi connectivity index (χ3v) is 2.31. The fourth-order valence-electron chi connectivity index (χ4n) is 1.61. The molecule has 0 N–H and O–H groups in total. The van der Waals surface area contributed by atoms with Crippen LogP contribution in [0.4, 0.5) is 0 Å². The molecule has 0 atom stereocenters. The second-order valence-electron chi connectivity index (χ2n) is 3.20. The molecule has 0 unspecified atom stereocenters. The summed E-state index contributed by atoms with van der Waals surface area (Å²) in [6, 6.07) is 5.85. The molecule has 0 aliphatic carbocycles. The van der Waals surface area contributed by atoms with Gasteiger partial charge >= 0.3 is 5.63 Å². The molecule has 2 heterocycles. The zero-order valence-electron chi connectivity index (χ0n) is 7.52. The Hall–Kier alpha value is -2.23. The van der Waals surface area contributed by atoms with Crippen molar-refractivity contribution in [3.63, 3.8) is 0 Å².